The molecule has 0 saturated carbocycles. The summed E-state index contributed by atoms with van der Waals surface area (Å²) in [4.78, 5) is 11.6. The highest BCUT2D eigenvalue weighted by Crippen LogP contribution is 2.15. The number of hydrogen-bond donors (Lipinski definition) is 2. The fraction of sp³-hybridized carbons (Fsp3) is 0.214. The standard InChI is InChI=1S/C14H15NO2S/c16-13(11-4-2-1-3-5-11)6-8-15-14(17)12-7-9-18-10-12/h1-5,7,9-10,13,16H,6,8H2,(H,15,17)/t13-/m0/s1. The van der Waals surface area contributed by atoms with Gasteiger partial charge in [0.1, 0.15) is 0 Å². The molecule has 0 spiro atoms. The number of benzene rings is 1. The highest BCUT2D eigenvalue weighted by atomic mass is 32.1. The summed E-state index contributed by atoms with van der Waals surface area (Å²) in [5, 5.41) is 16.4. The highest BCUT2D eigenvalue weighted by Gasteiger charge is 2.08. The van der Waals surface area contributed by atoms with Crippen molar-refractivity contribution in [1.29, 1.82) is 0 Å². The molecule has 2 N–H and O–H groups in total. The van der Waals surface area contributed by atoms with E-state index in [0.29, 0.717) is 18.5 Å². The molecule has 18 heavy (non-hydrogen) atoms. The molecule has 1 atom stereocenters. The van der Waals surface area contributed by atoms with Gasteiger partial charge in [-0.05, 0) is 23.4 Å². The number of nitrogens with one attached hydrogen (secondary N) is 1. The van der Waals surface area contributed by atoms with Gasteiger partial charge < -0.3 is 10.4 Å². The van der Waals surface area contributed by atoms with Crippen LogP contribution in [0.4, 0.5) is 0 Å². The molecule has 0 aliphatic carbocycles. The first kappa shape index (κ1) is 12.8. The van der Waals surface area contributed by atoms with E-state index < -0.39 is 6.10 Å². The van der Waals surface area contributed by atoms with E-state index in [1.165, 1.54) is 11.3 Å². The Morgan fingerprint density at radius 3 is 2.72 bits per heavy atom. The van der Waals surface area contributed by atoms with Crippen LogP contribution in [0.5, 0.6) is 0 Å². The normalized spacial score (nSPS) is 12.1. The lowest BCUT2D eigenvalue weighted by molar-refractivity contribution is 0.0943. The van der Waals surface area contributed by atoms with Crippen LogP contribution < -0.4 is 5.32 Å². The van der Waals surface area contributed by atoms with Gasteiger partial charge in [-0.3, -0.25) is 4.79 Å². The van der Waals surface area contributed by atoms with Gasteiger partial charge in [0.15, 0.2) is 0 Å². The van der Waals surface area contributed by atoms with E-state index in [2.05, 4.69) is 5.32 Å². The fourth-order valence-electron chi connectivity index (χ4n) is 1.66. The van der Waals surface area contributed by atoms with Crippen molar-refractivity contribution in [2.24, 2.45) is 0 Å². The van der Waals surface area contributed by atoms with Crippen LogP contribution in [-0.4, -0.2) is 17.6 Å². The highest BCUT2D eigenvalue weighted by molar-refractivity contribution is 7.08. The van der Waals surface area contributed by atoms with Gasteiger partial charge in [0.25, 0.3) is 5.91 Å². The maximum Gasteiger partial charge on any atom is 0.252 e. The summed E-state index contributed by atoms with van der Waals surface area (Å²) in [6.45, 7) is 0.463. The third-order valence-corrected chi connectivity index (χ3v) is 3.35. The predicted molar refractivity (Wildman–Crippen MR) is 72.7 cm³/mol. The Bertz CT molecular complexity index is 482. The van der Waals surface area contributed by atoms with E-state index in [1.54, 1.807) is 6.07 Å². The number of aliphatic hydroxyl groups is 1. The van der Waals surface area contributed by atoms with E-state index in [9.17, 15) is 9.90 Å². The van der Waals surface area contributed by atoms with Gasteiger partial charge in [0, 0.05) is 17.5 Å². The Kier molecular flexibility index (Phi) is 4.50. The molecule has 0 fully saturated rings. The van der Waals surface area contributed by atoms with Crippen LogP contribution >= 0.6 is 11.3 Å². The second-order valence-electron chi connectivity index (χ2n) is 3.98. The van der Waals surface area contributed by atoms with E-state index in [4.69, 9.17) is 0 Å². The molecule has 94 valence electrons. The molecule has 1 aromatic heterocycles. The number of thiophene rings is 1. The fourth-order valence-corrected chi connectivity index (χ4v) is 2.30. The van der Waals surface area contributed by atoms with Gasteiger partial charge in [0.2, 0.25) is 0 Å². The molecule has 0 bridgehead atoms. The minimum absolute atomic E-state index is 0.0866. The number of aliphatic hydroxyl groups excluding tert-OH is 1. The lowest BCUT2D eigenvalue weighted by Crippen LogP contribution is -2.25. The maximum absolute atomic E-state index is 11.6. The Labute approximate surface area is 110 Å². The van der Waals surface area contributed by atoms with Crippen molar-refractivity contribution in [2.45, 2.75) is 12.5 Å². The third kappa shape index (κ3) is 3.42. The molecule has 2 rings (SSSR count). The molecular formula is C14H15NO2S. The number of amides is 1. The van der Waals surface area contributed by atoms with Gasteiger partial charge in [-0.15, -0.1) is 0 Å². The zero-order valence-electron chi connectivity index (χ0n) is 9.87. The molecule has 1 heterocycles. The molecule has 0 saturated heterocycles. The second-order valence-corrected chi connectivity index (χ2v) is 4.76. The second kappa shape index (κ2) is 6.33. The number of carbonyl (C=O) groups excluding carboxylic acids is 1. The molecule has 1 amide bonds. The molecular weight excluding hydrogens is 246 g/mol. The largest absolute Gasteiger partial charge is 0.388 e. The number of hydrogen-bond acceptors (Lipinski definition) is 3. The molecule has 0 radical (unpaired) electrons. The van der Waals surface area contributed by atoms with E-state index in [0.717, 1.165) is 5.56 Å². The Balaban J connectivity index is 1.77. The predicted octanol–water partition coefficient (Wildman–Crippen LogP) is 2.60. The van der Waals surface area contributed by atoms with Crippen molar-refractivity contribution in [1.82, 2.24) is 5.32 Å². The van der Waals surface area contributed by atoms with Crippen LogP contribution in [0.25, 0.3) is 0 Å². The summed E-state index contributed by atoms with van der Waals surface area (Å²) in [6.07, 6.45) is -0.0196. The average molecular weight is 261 g/mol. The molecule has 2 aromatic rings. The first-order chi connectivity index (χ1) is 8.77. The summed E-state index contributed by atoms with van der Waals surface area (Å²) in [7, 11) is 0. The molecule has 3 nitrogen and oxygen atoms in total. The minimum Gasteiger partial charge on any atom is -0.388 e. The SMILES string of the molecule is O=C(NCC[C@H](O)c1ccccc1)c1ccsc1. The smallest absolute Gasteiger partial charge is 0.252 e. The van der Waals surface area contributed by atoms with E-state index >= 15 is 0 Å². The Morgan fingerprint density at radius 1 is 1.28 bits per heavy atom. The lowest BCUT2D eigenvalue weighted by Gasteiger charge is -2.11. The summed E-state index contributed by atoms with van der Waals surface area (Å²) in [5.74, 6) is -0.0866. The number of carbonyl (C=O) groups is 1. The van der Waals surface area contributed by atoms with Crippen LogP contribution in [-0.2, 0) is 0 Å². The van der Waals surface area contributed by atoms with Crippen LogP contribution in [0.3, 0.4) is 0 Å². The molecule has 0 aliphatic heterocycles. The summed E-state index contributed by atoms with van der Waals surface area (Å²) < 4.78 is 0. The third-order valence-electron chi connectivity index (χ3n) is 2.67. The van der Waals surface area contributed by atoms with Crippen molar-refractivity contribution in [3.05, 3.63) is 58.3 Å². The summed E-state index contributed by atoms with van der Waals surface area (Å²) in [5.41, 5.74) is 1.55. The van der Waals surface area contributed by atoms with Crippen molar-refractivity contribution in [2.75, 3.05) is 6.54 Å². The molecule has 0 unspecified atom stereocenters. The van der Waals surface area contributed by atoms with Gasteiger partial charge >= 0.3 is 0 Å². The van der Waals surface area contributed by atoms with Crippen LogP contribution in [0.15, 0.2) is 47.2 Å². The summed E-state index contributed by atoms with van der Waals surface area (Å²) >= 11 is 1.49. The van der Waals surface area contributed by atoms with Crippen LogP contribution in [0.2, 0.25) is 0 Å². The van der Waals surface area contributed by atoms with Gasteiger partial charge in [-0.25, -0.2) is 0 Å². The van der Waals surface area contributed by atoms with Gasteiger partial charge in [0.05, 0.1) is 6.10 Å². The summed E-state index contributed by atoms with van der Waals surface area (Å²) in [6, 6.07) is 11.2. The van der Waals surface area contributed by atoms with Gasteiger partial charge in [-0.1, -0.05) is 30.3 Å². The minimum atomic E-state index is -0.533. The molecule has 4 heteroatoms. The maximum atomic E-state index is 11.6. The van der Waals surface area contributed by atoms with E-state index in [-0.39, 0.29) is 5.91 Å². The molecule has 1 aromatic carbocycles. The first-order valence-corrected chi connectivity index (χ1v) is 6.75. The topological polar surface area (TPSA) is 49.3 Å². The van der Waals surface area contributed by atoms with Crippen molar-refractivity contribution >= 4 is 17.2 Å². The Morgan fingerprint density at radius 2 is 2.06 bits per heavy atom. The van der Waals surface area contributed by atoms with Crippen molar-refractivity contribution < 1.29 is 9.90 Å². The monoisotopic (exact) mass is 261 g/mol. The van der Waals surface area contributed by atoms with Crippen LogP contribution in [0.1, 0.15) is 28.4 Å². The zero-order chi connectivity index (χ0) is 12.8. The first-order valence-electron chi connectivity index (χ1n) is 5.81. The van der Waals surface area contributed by atoms with E-state index in [1.807, 2.05) is 41.1 Å². The quantitative estimate of drug-likeness (QED) is 0.869. The average Bonchev–Trinajstić information content (AvgIpc) is 2.93. The number of rotatable bonds is 5. The van der Waals surface area contributed by atoms with Gasteiger partial charge in [-0.2, -0.15) is 11.3 Å². The zero-order valence-corrected chi connectivity index (χ0v) is 10.7. The lowest BCUT2D eigenvalue weighted by atomic mass is 10.1. The van der Waals surface area contributed by atoms with Crippen molar-refractivity contribution in [3.63, 3.8) is 0 Å². The molecule has 0 aliphatic rings. The van der Waals surface area contributed by atoms with Crippen LogP contribution in [0, 0.1) is 0 Å². The van der Waals surface area contributed by atoms with Crippen molar-refractivity contribution in [3.8, 4) is 0 Å². The Hall–Kier alpha value is -1.65.